The Balaban J connectivity index is 4.16. The second-order valence-electron chi connectivity index (χ2n) is 2.89. The molecule has 0 aliphatic carbocycles. The number of methoxy groups -OCH3 is 1. The highest BCUT2D eigenvalue weighted by Crippen LogP contribution is 2.16. The molecular formula is C8H13NO6S. The number of carboxylic acid groups (broad SMARTS) is 2. The van der Waals surface area contributed by atoms with Crippen molar-refractivity contribution in [3.8, 4) is 0 Å². The Morgan fingerprint density at radius 2 is 1.94 bits per heavy atom. The number of carbonyl (C=O) groups is 3. The molecule has 0 rings (SSSR count). The number of esters is 1. The van der Waals surface area contributed by atoms with E-state index in [1.807, 2.05) is 0 Å². The van der Waals surface area contributed by atoms with Crippen molar-refractivity contribution in [1.82, 2.24) is 0 Å². The Morgan fingerprint density at radius 3 is 2.31 bits per heavy atom. The quantitative estimate of drug-likeness (QED) is 0.499. The third-order valence-corrected chi connectivity index (χ3v) is 2.94. The average molecular weight is 251 g/mol. The lowest BCUT2D eigenvalue weighted by molar-refractivity contribution is -0.143. The second-order valence-corrected chi connectivity index (χ2v) is 4.12. The molecule has 4 N–H and O–H groups in total. The molecule has 2 atom stereocenters. The van der Waals surface area contributed by atoms with E-state index < -0.39 is 35.6 Å². The van der Waals surface area contributed by atoms with Crippen LogP contribution in [0.25, 0.3) is 0 Å². The summed E-state index contributed by atoms with van der Waals surface area (Å²) in [6.45, 7) is 0. The van der Waals surface area contributed by atoms with Gasteiger partial charge in [-0.15, -0.1) is 11.8 Å². The van der Waals surface area contributed by atoms with Gasteiger partial charge < -0.3 is 20.7 Å². The molecule has 1 unspecified atom stereocenters. The summed E-state index contributed by atoms with van der Waals surface area (Å²) in [5.74, 6) is -3.13. The number of ether oxygens (including phenoxy) is 1. The van der Waals surface area contributed by atoms with Crippen LogP contribution in [0.4, 0.5) is 0 Å². The third-order valence-electron chi connectivity index (χ3n) is 1.62. The Hall–Kier alpha value is -1.28. The molecule has 0 aromatic heterocycles. The van der Waals surface area contributed by atoms with Crippen LogP contribution in [0.5, 0.6) is 0 Å². The topological polar surface area (TPSA) is 127 Å². The number of hydrogen-bond donors (Lipinski definition) is 3. The highest BCUT2D eigenvalue weighted by Gasteiger charge is 2.24. The molecule has 0 bridgehead atoms. The molecule has 7 nitrogen and oxygen atoms in total. The van der Waals surface area contributed by atoms with Crippen LogP contribution in [0, 0.1) is 0 Å². The number of nitrogens with two attached hydrogens (primary N) is 1. The smallest absolute Gasteiger partial charge is 0.323 e. The van der Waals surface area contributed by atoms with Crippen molar-refractivity contribution >= 4 is 29.7 Å². The van der Waals surface area contributed by atoms with Gasteiger partial charge in [0.25, 0.3) is 0 Å². The molecular weight excluding hydrogens is 238 g/mol. The van der Waals surface area contributed by atoms with Crippen LogP contribution < -0.4 is 5.73 Å². The average Bonchev–Trinajstić information content (AvgIpc) is 2.21. The van der Waals surface area contributed by atoms with E-state index in [-0.39, 0.29) is 5.75 Å². The molecule has 0 amide bonds. The zero-order valence-electron chi connectivity index (χ0n) is 8.58. The molecule has 92 valence electrons. The fourth-order valence-electron chi connectivity index (χ4n) is 0.815. The number of hydrogen-bond acceptors (Lipinski definition) is 6. The Morgan fingerprint density at radius 1 is 1.38 bits per heavy atom. The molecule has 16 heavy (non-hydrogen) atoms. The SMILES string of the molecule is COC(=O)[C@@H](N)CSC(CC(=O)O)C(=O)O. The Bertz CT molecular complexity index is 282. The fraction of sp³-hybridized carbons (Fsp3) is 0.625. The van der Waals surface area contributed by atoms with Crippen molar-refractivity contribution in [2.24, 2.45) is 5.73 Å². The van der Waals surface area contributed by atoms with Crippen LogP contribution in [0.15, 0.2) is 0 Å². The van der Waals surface area contributed by atoms with E-state index in [2.05, 4.69) is 4.74 Å². The van der Waals surface area contributed by atoms with Gasteiger partial charge >= 0.3 is 17.9 Å². The number of rotatable bonds is 7. The first-order valence-corrected chi connectivity index (χ1v) is 5.33. The van der Waals surface area contributed by atoms with Gasteiger partial charge in [0.2, 0.25) is 0 Å². The molecule has 0 aromatic carbocycles. The van der Waals surface area contributed by atoms with E-state index in [9.17, 15) is 14.4 Å². The van der Waals surface area contributed by atoms with Gasteiger partial charge in [-0.1, -0.05) is 0 Å². The van der Waals surface area contributed by atoms with Gasteiger partial charge in [0.05, 0.1) is 13.5 Å². The minimum Gasteiger partial charge on any atom is -0.481 e. The molecule has 8 heteroatoms. The van der Waals surface area contributed by atoms with Gasteiger partial charge in [0.15, 0.2) is 0 Å². The lowest BCUT2D eigenvalue weighted by atomic mass is 10.3. The van der Waals surface area contributed by atoms with Gasteiger partial charge in [-0.3, -0.25) is 14.4 Å². The second kappa shape index (κ2) is 7.07. The summed E-state index contributed by atoms with van der Waals surface area (Å²) in [6, 6.07) is -0.953. The summed E-state index contributed by atoms with van der Waals surface area (Å²) in [5, 5.41) is 16.0. The first-order valence-electron chi connectivity index (χ1n) is 4.28. The third kappa shape index (κ3) is 5.56. The summed E-state index contributed by atoms with van der Waals surface area (Å²) in [4.78, 5) is 31.9. The van der Waals surface area contributed by atoms with E-state index in [1.165, 1.54) is 7.11 Å². The monoisotopic (exact) mass is 251 g/mol. The number of carboxylic acids is 2. The van der Waals surface area contributed by atoms with Gasteiger partial charge in [0, 0.05) is 5.75 Å². The van der Waals surface area contributed by atoms with Gasteiger partial charge in [0.1, 0.15) is 11.3 Å². The molecule has 0 aliphatic rings. The van der Waals surface area contributed by atoms with Crippen molar-refractivity contribution in [3.63, 3.8) is 0 Å². The molecule has 0 spiro atoms. The van der Waals surface area contributed by atoms with Crippen LogP contribution >= 0.6 is 11.8 Å². The van der Waals surface area contributed by atoms with Crippen LogP contribution in [0.1, 0.15) is 6.42 Å². The lowest BCUT2D eigenvalue weighted by Gasteiger charge is -2.12. The van der Waals surface area contributed by atoms with Crippen LogP contribution in [-0.2, 0) is 19.1 Å². The summed E-state index contributed by atoms with van der Waals surface area (Å²) < 4.78 is 4.34. The standard InChI is InChI=1S/C8H13NO6S/c1-15-8(14)4(9)3-16-5(7(12)13)2-6(10)11/h4-5H,2-3,9H2,1H3,(H,10,11)(H,12,13)/t4-,5?/m0/s1. The van der Waals surface area contributed by atoms with E-state index in [4.69, 9.17) is 15.9 Å². The van der Waals surface area contributed by atoms with E-state index in [0.29, 0.717) is 0 Å². The molecule has 0 saturated heterocycles. The van der Waals surface area contributed by atoms with Gasteiger partial charge in [-0.05, 0) is 0 Å². The zero-order valence-corrected chi connectivity index (χ0v) is 9.40. The highest BCUT2D eigenvalue weighted by atomic mass is 32.2. The summed E-state index contributed by atoms with van der Waals surface area (Å²) in [7, 11) is 1.17. The van der Waals surface area contributed by atoms with E-state index in [0.717, 1.165) is 11.8 Å². The van der Waals surface area contributed by atoms with Crippen molar-refractivity contribution < 1.29 is 29.3 Å². The molecule has 0 heterocycles. The largest absolute Gasteiger partial charge is 0.481 e. The van der Waals surface area contributed by atoms with E-state index in [1.54, 1.807) is 0 Å². The first kappa shape index (κ1) is 14.7. The maximum absolute atomic E-state index is 10.9. The minimum atomic E-state index is -1.25. The maximum Gasteiger partial charge on any atom is 0.323 e. The van der Waals surface area contributed by atoms with Crippen molar-refractivity contribution in [2.45, 2.75) is 17.7 Å². The Labute approximate surface area is 95.9 Å². The summed E-state index contributed by atoms with van der Waals surface area (Å²) >= 11 is 0.804. The predicted molar refractivity (Wildman–Crippen MR) is 56.1 cm³/mol. The number of thioether (sulfide) groups is 1. The maximum atomic E-state index is 10.9. The molecule has 0 fully saturated rings. The lowest BCUT2D eigenvalue weighted by Crippen LogP contribution is -2.35. The summed E-state index contributed by atoms with van der Waals surface area (Å²) in [5.41, 5.74) is 5.37. The minimum absolute atomic E-state index is 0.00306. The number of carbonyl (C=O) groups excluding carboxylic acids is 1. The Kier molecular flexibility index (Phi) is 6.50. The zero-order chi connectivity index (χ0) is 12.7. The molecule has 0 saturated carbocycles. The van der Waals surface area contributed by atoms with Gasteiger partial charge in [-0.25, -0.2) is 0 Å². The number of aliphatic carboxylic acids is 2. The fourth-order valence-corrected chi connectivity index (χ4v) is 1.79. The van der Waals surface area contributed by atoms with E-state index >= 15 is 0 Å². The van der Waals surface area contributed by atoms with Crippen LogP contribution in [0.3, 0.4) is 0 Å². The predicted octanol–water partition coefficient (Wildman–Crippen LogP) is -0.852. The summed E-state index contributed by atoms with van der Waals surface area (Å²) in [6.07, 6.45) is -0.520. The van der Waals surface area contributed by atoms with Crippen molar-refractivity contribution in [2.75, 3.05) is 12.9 Å². The molecule has 0 aromatic rings. The van der Waals surface area contributed by atoms with Crippen LogP contribution in [0.2, 0.25) is 0 Å². The molecule has 0 radical (unpaired) electrons. The van der Waals surface area contributed by atoms with Gasteiger partial charge in [-0.2, -0.15) is 0 Å². The van der Waals surface area contributed by atoms with Crippen molar-refractivity contribution in [1.29, 1.82) is 0 Å². The van der Waals surface area contributed by atoms with Crippen LogP contribution in [-0.4, -0.2) is 52.3 Å². The highest BCUT2D eigenvalue weighted by molar-refractivity contribution is 8.00. The first-order chi connectivity index (χ1) is 7.38. The van der Waals surface area contributed by atoms with Crippen molar-refractivity contribution in [3.05, 3.63) is 0 Å². The molecule has 0 aliphatic heterocycles. The normalized spacial score (nSPS) is 13.9.